The van der Waals surface area contributed by atoms with E-state index in [0.717, 1.165) is 4.90 Å². The summed E-state index contributed by atoms with van der Waals surface area (Å²) in [6.07, 6.45) is 0.154. The maximum atomic E-state index is 11.4. The zero-order valence-corrected chi connectivity index (χ0v) is 8.82. The number of carbonyl (C=O) groups is 3. The van der Waals surface area contributed by atoms with Crippen molar-refractivity contribution < 1.29 is 14.4 Å². The number of rotatable bonds is 4. The van der Waals surface area contributed by atoms with E-state index in [9.17, 15) is 14.4 Å². The number of hydrogen-bond donors (Lipinski definition) is 2. The summed E-state index contributed by atoms with van der Waals surface area (Å²) < 4.78 is 0. The van der Waals surface area contributed by atoms with Crippen LogP contribution in [-0.4, -0.2) is 42.3 Å². The van der Waals surface area contributed by atoms with Crippen LogP contribution in [0.4, 0.5) is 0 Å². The van der Waals surface area contributed by atoms with Crippen molar-refractivity contribution in [2.75, 3.05) is 13.6 Å². The second-order valence-electron chi connectivity index (χ2n) is 3.76. The van der Waals surface area contributed by atoms with E-state index in [4.69, 9.17) is 5.73 Å². The summed E-state index contributed by atoms with van der Waals surface area (Å²) in [7, 11) is 1.45. The minimum atomic E-state index is -0.510. The summed E-state index contributed by atoms with van der Waals surface area (Å²) >= 11 is 0. The Balaban J connectivity index is 2.44. The molecule has 15 heavy (non-hydrogen) atoms. The molecule has 84 valence electrons. The third kappa shape index (κ3) is 2.53. The highest BCUT2D eigenvalue weighted by molar-refractivity contribution is 6.05. The van der Waals surface area contributed by atoms with Crippen LogP contribution < -0.4 is 11.1 Å². The number of nitrogens with zero attached hydrogens (tertiary/aromatic N) is 1. The lowest BCUT2D eigenvalue weighted by molar-refractivity contribution is -0.137. The number of primary amides is 1. The van der Waals surface area contributed by atoms with Gasteiger partial charge in [0.1, 0.15) is 0 Å². The van der Waals surface area contributed by atoms with Gasteiger partial charge in [0, 0.05) is 19.5 Å². The van der Waals surface area contributed by atoms with Crippen LogP contribution in [0.5, 0.6) is 0 Å². The molecule has 2 unspecified atom stereocenters. The molecule has 0 radical (unpaired) electrons. The van der Waals surface area contributed by atoms with Crippen molar-refractivity contribution >= 4 is 17.7 Å². The first-order chi connectivity index (χ1) is 6.93. The van der Waals surface area contributed by atoms with Crippen molar-refractivity contribution in [1.29, 1.82) is 0 Å². The molecule has 6 nitrogen and oxygen atoms in total. The van der Waals surface area contributed by atoms with Gasteiger partial charge in [-0.2, -0.15) is 0 Å². The third-order valence-corrected chi connectivity index (χ3v) is 2.54. The summed E-state index contributed by atoms with van der Waals surface area (Å²) in [5.41, 5.74) is 5.07. The highest BCUT2D eigenvalue weighted by Crippen LogP contribution is 2.10. The van der Waals surface area contributed by atoms with Crippen molar-refractivity contribution in [3.63, 3.8) is 0 Å². The molecule has 0 spiro atoms. The Hall–Kier alpha value is -1.43. The van der Waals surface area contributed by atoms with Gasteiger partial charge >= 0.3 is 0 Å². The predicted octanol–water partition coefficient (Wildman–Crippen LogP) is -1.55. The van der Waals surface area contributed by atoms with Crippen LogP contribution in [0.25, 0.3) is 0 Å². The zero-order chi connectivity index (χ0) is 11.6. The average Bonchev–Trinajstić information content (AvgIpc) is 2.42. The number of hydrogen-bond acceptors (Lipinski definition) is 4. The predicted molar refractivity (Wildman–Crippen MR) is 52.5 cm³/mol. The standard InChI is InChI=1S/C9H15N3O3/c1-5(8(10)14)4-11-6-3-7(13)12(2)9(6)15/h5-6,11H,3-4H2,1-2H3,(H2,10,14). The molecule has 1 rings (SSSR count). The van der Waals surface area contributed by atoms with Crippen LogP contribution in [0.3, 0.4) is 0 Å². The van der Waals surface area contributed by atoms with E-state index in [-0.39, 0.29) is 24.2 Å². The first-order valence-electron chi connectivity index (χ1n) is 4.76. The number of likely N-dealkylation sites (tertiary alicyclic amines) is 1. The molecule has 2 atom stereocenters. The number of imide groups is 1. The molecule has 0 aromatic rings. The first kappa shape index (κ1) is 11.6. The van der Waals surface area contributed by atoms with Crippen LogP contribution in [0, 0.1) is 5.92 Å². The van der Waals surface area contributed by atoms with Gasteiger partial charge < -0.3 is 11.1 Å². The fourth-order valence-corrected chi connectivity index (χ4v) is 1.33. The van der Waals surface area contributed by atoms with Gasteiger partial charge in [-0.25, -0.2) is 0 Å². The molecule has 0 aromatic carbocycles. The Morgan fingerprint density at radius 2 is 2.27 bits per heavy atom. The lowest BCUT2D eigenvalue weighted by Gasteiger charge is -2.13. The van der Waals surface area contributed by atoms with Crippen LogP contribution >= 0.6 is 0 Å². The fraction of sp³-hybridized carbons (Fsp3) is 0.667. The highest BCUT2D eigenvalue weighted by Gasteiger charge is 2.35. The monoisotopic (exact) mass is 213 g/mol. The Morgan fingerprint density at radius 3 is 2.67 bits per heavy atom. The van der Waals surface area contributed by atoms with Gasteiger partial charge in [0.15, 0.2) is 0 Å². The Bertz CT molecular complexity index is 303. The van der Waals surface area contributed by atoms with Gasteiger partial charge in [-0.15, -0.1) is 0 Å². The van der Waals surface area contributed by atoms with Gasteiger partial charge in [0.25, 0.3) is 0 Å². The van der Waals surface area contributed by atoms with Crippen LogP contribution in [0.15, 0.2) is 0 Å². The second kappa shape index (κ2) is 4.39. The third-order valence-electron chi connectivity index (χ3n) is 2.54. The Morgan fingerprint density at radius 1 is 1.67 bits per heavy atom. The smallest absolute Gasteiger partial charge is 0.246 e. The highest BCUT2D eigenvalue weighted by atomic mass is 16.2. The number of nitrogens with two attached hydrogens (primary N) is 1. The summed E-state index contributed by atoms with van der Waals surface area (Å²) in [5, 5.41) is 2.86. The molecular weight excluding hydrogens is 198 g/mol. The van der Waals surface area contributed by atoms with Crippen LogP contribution in [0.1, 0.15) is 13.3 Å². The molecule has 1 aliphatic rings. The number of likely N-dealkylation sites (N-methyl/N-ethyl adjacent to an activating group) is 1. The molecule has 1 fully saturated rings. The van der Waals surface area contributed by atoms with E-state index in [2.05, 4.69) is 5.32 Å². The molecule has 6 heteroatoms. The van der Waals surface area contributed by atoms with E-state index in [0.29, 0.717) is 6.54 Å². The van der Waals surface area contributed by atoms with Crippen molar-refractivity contribution in [3.8, 4) is 0 Å². The molecule has 1 heterocycles. The Kier molecular flexibility index (Phi) is 3.41. The van der Waals surface area contributed by atoms with Crippen molar-refractivity contribution in [2.45, 2.75) is 19.4 Å². The van der Waals surface area contributed by atoms with Gasteiger partial charge in [-0.05, 0) is 0 Å². The molecule has 3 amide bonds. The van der Waals surface area contributed by atoms with Crippen LogP contribution in [0.2, 0.25) is 0 Å². The molecule has 0 bridgehead atoms. The normalized spacial score (nSPS) is 23.3. The first-order valence-corrected chi connectivity index (χ1v) is 4.76. The maximum Gasteiger partial charge on any atom is 0.246 e. The van der Waals surface area contributed by atoms with Crippen LogP contribution in [-0.2, 0) is 14.4 Å². The molecule has 0 aliphatic carbocycles. The van der Waals surface area contributed by atoms with Gasteiger partial charge in [-0.1, -0.05) is 6.92 Å². The summed E-state index contributed by atoms with van der Waals surface area (Å²) in [5.74, 6) is -1.23. The quantitative estimate of drug-likeness (QED) is 0.553. The fourth-order valence-electron chi connectivity index (χ4n) is 1.33. The number of amides is 3. The lowest BCUT2D eigenvalue weighted by atomic mass is 10.1. The molecule has 3 N–H and O–H groups in total. The number of nitrogens with one attached hydrogen (secondary N) is 1. The maximum absolute atomic E-state index is 11.4. The Labute approximate surface area is 87.8 Å². The van der Waals surface area contributed by atoms with E-state index in [1.165, 1.54) is 7.05 Å². The summed E-state index contributed by atoms with van der Waals surface area (Å²) in [4.78, 5) is 34.4. The van der Waals surface area contributed by atoms with E-state index in [1.807, 2.05) is 0 Å². The lowest BCUT2D eigenvalue weighted by Crippen LogP contribution is -2.41. The van der Waals surface area contributed by atoms with Gasteiger partial charge in [0.2, 0.25) is 17.7 Å². The minimum absolute atomic E-state index is 0.154. The molecule has 1 saturated heterocycles. The average molecular weight is 213 g/mol. The molecule has 0 aromatic heterocycles. The second-order valence-corrected chi connectivity index (χ2v) is 3.76. The number of carbonyl (C=O) groups excluding carboxylic acids is 3. The van der Waals surface area contributed by atoms with E-state index >= 15 is 0 Å². The SMILES string of the molecule is CC(CNC1CC(=O)N(C)C1=O)C(N)=O. The largest absolute Gasteiger partial charge is 0.369 e. The molecule has 0 saturated carbocycles. The molecule has 1 aliphatic heterocycles. The summed E-state index contributed by atoms with van der Waals surface area (Å²) in [6, 6.07) is -0.510. The zero-order valence-electron chi connectivity index (χ0n) is 8.82. The minimum Gasteiger partial charge on any atom is -0.369 e. The molecular formula is C9H15N3O3. The van der Waals surface area contributed by atoms with Crippen molar-refractivity contribution in [2.24, 2.45) is 11.7 Å². The van der Waals surface area contributed by atoms with Gasteiger partial charge in [-0.3, -0.25) is 19.3 Å². The summed E-state index contributed by atoms with van der Waals surface area (Å²) in [6.45, 7) is 1.98. The van der Waals surface area contributed by atoms with Crippen molar-refractivity contribution in [3.05, 3.63) is 0 Å². The van der Waals surface area contributed by atoms with Crippen molar-refractivity contribution in [1.82, 2.24) is 10.2 Å². The van der Waals surface area contributed by atoms with Gasteiger partial charge in [0.05, 0.1) is 12.5 Å². The van der Waals surface area contributed by atoms with E-state index < -0.39 is 11.9 Å². The topological polar surface area (TPSA) is 92.5 Å². The van der Waals surface area contributed by atoms with E-state index in [1.54, 1.807) is 6.92 Å².